The lowest BCUT2D eigenvalue weighted by molar-refractivity contribution is -0.121. The van der Waals surface area contributed by atoms with Crippen LogP contribution in [0.25, 0.3) is 0 Å². The number of nitrogens with one attached hydrogen (secondary N) is 1. The molecule has 1 amide bonds. The minimum atomic E-state index is -0.838. The first-order chi connectivity index (χ1) is 10.1. The average Bonchev–Trinajstić information content (AvgIpc) is 2.48. The largest absolute Gasteiger partial charge is 0.388 e. The van der Waals surface area contributed by atoms with E-state index in [4.69, 9.17) is 4.74 Å². The summed E-state index contributed by atoms with van der Waals surface area (Å²) in [7, 11) is 0. The third-order valence-electron chi connectivity index (χ3n) is 3.45. The molecule has 0 spiro atoms. The molecule has 0 atom stereocenters. The fourth-order valence-electron chi connectivity index (χ4n) is 2.08. The number of carbonyl (C=O) groups is 1. The van der Waals surface area contributed by atoms with E-state index in [2.05, 4.69) is 5.32 Å². The van der Waals surface area contributed by atoms with E-state index >= 15 is 0 Å². The molecule has 1 aliphatic heterocycles. The van der Waals surface area contributed by atoms with Crippen LogP contribution in [0, 0.1) is 5.82 Å². The fourth-order valence-corrected chi connectivity index (χ4v) is 2.90. The molecule has 1 aliphatic rings. The van der Waals surface area contributed by atoms with Crippen LogP contribution in [-0.4, -0.2) is 42.1 Å². The Labute approximate surface area is 128 Å². The van der Waals surface area contributed by atoms with E-state index in [1.807, 2.05) is 0 Å². The minimum absolute atomic E-state index is 0.0953. The topological polar surface area (TPSA) is 58.6 Å². The molecule has 0 bridgehead atoms. The van der Waals surface area contributed by atoms with Crippen LogP contribution in [0.4, 0.5) is 4.39 Å². The van der Waals surface area contributed by atoms with Gasteiger partial charge in [0.05, 0.1) is 11.4 Å². The summed E-state index contributed by atoms with van der Waals surface area (Å²) in [5.41, 5.74) is 0.146. The number of hydrogen-bond acceptors (Lipinski definition) is 4. The predicted molar refractivity (Wildman–Crippen MR) is 80.6 cm³/mol. The summed E-state index contributed by atoms with van der Waals surface area (Å²) < 4.78 is 17.9. The highest BCUT2D eigenvalue weighted by molar-refractivity contribution is 7.99. The van der Waals surface area contributed by atoms with Crippen LogP contribution in [0.15, 0.2) is 24.3 Å². The van der Waals surface area contributed by atoms with E-state index < -0.39 is 5.60 Å². The van der Waals surface area contributed by atoms with E-state index in [1.165, 1.54) is 23.9 Å². The van der Waals surface area contributed by atoms with Crippen molar-refractivity contribution >= 4 is 17.7 Å². The molecule has 116 valence electrons. The molecule has 1 heterocycles. The lowest BCUT2D eigenvalue weighted by Crippen LogP contribution is -2.47. The molecule has 0 aliphatic carbocycles. The number of aliphatic hydroxyl groups is 1. The maximum Gasteiger partial charge on any atom is 0.230 e. The second-order valence-corrected chi connectivity index (χ2v) is 6.22. The van der Waals surface area contributed by atoms with Crippen LogP contribution in [-0.2, 0) is 15.3 Å². The number of thioether (sulfide) groups is 1. The third kappa shape index (κ3) is 5.65. The molecule has 1 saturated heterocycles. The molecule has 1 aromatic carbocycles. The van der Waals surface area contributed by atoms with Gasteiger partial charge in [-0.25, -0.2) is 4.39 Å². The summed E-state index contributed by atoms with van der Waals surface area (Å²) >= 11 is 1.47. The molecule has 1 fully saturated rings. The summed E-state index contributed by atoms with van der Waals surface area (Å²) in [4.78, 5) is 11.7. The van der Waals surface area contributed by atoms with Crippen molar-refractivity contribution in [2.45, 2.75) is 24.2 Å². The smallest absolute Gasteiger partial charge is 0.230 e. The Morgan fingerprint density at radius 3 is 2.67 bits per heavy atom. The highest BCUT2D eigenvalue weighted by atomic mass is 32.2. The summed E-state index contributed by atoms with van der Waals surface area (Å²) in [5, 5.41) is 13.0. The van der Waals surface area contributed by atoms with Gasteiger partial charge < -0.3 is 15.2 Å². The number of hydrogen-bond donors (Lipinski definition) is 2. The number of carbonyl (C=O) groups excluding carboxylic acids is 1. The lowest BCUT2D eigenvalue weighted by Gasteiger charge is -2.32. The monoisotopic (exact) mass is 313 g/mol. The zero-order chi connectivity index (χ0) is 15.1. The molecular weight excluding hydrogens is 293 g/mol. The van der Waals surface area contributed by atoms with Crippen LogP contribution in [0.5, 0.6) is 0 Å². The molecule has 4 nitrogen and oxygen atoms in total. The zero-order valence-corrected chi connectivity index (χ0v) is 12.6. The molecule has 2 N–H and O–H groups in total. The number of amides is 1. The molecule has 0 aromatic heterocycles. The molecule has 1 aromatic rings. The first kappa shape index (κ1) is 16.3. The lowest BCUT2D eigenvalue weighted by atomic mass is 9.94. The van der Waals surface area contributed by atoms with Crippen molar-refractivity contribution in [2.75, 3.05) is 25.5 Å². The Bertz CT molecular complexity index is 460. The Balaban J connectivity index is 1.64. The highest BCUT2D eigenvalue weighted by Crippen LogP contribution is 2.19. The van der Waals surface area contributed by atoms with Gasteiger partial charge in [0, 0.05) is 38.4 Å². The van der Waals surface area contributed by atoms with Crippen LogP contribution in [0.1, 0.15) is 18.4 Å². The number of ether oxygens (including phenoxy) is 1. The SMILES string of the molecule is O=C(CSCc1ccc(F)cc1)NCC1(O)CCOCC1. The summed E-state index contributed by atoms with van der Waals surface area (Å²) in [5.74, 6) is 0.628. The Hall–Kier alpha value is -1.11. The van der Waals surface area contributed by atoms with Crippen molar-refractivity contribution in [2.24, 2.45) is 0 Å². The van der Waals surface area contributed by atoms with Crippen molar-refractivity contribution in [3.8, 4) is 0 Å². The van der Waals surface area contributed by atoms with Crippen molar-refractivity contribution < 1.29 is 19.0 Å². The van der Waals surface area contributed by atoms with Gasteiger partial charge in [-0.1, -0.05) is 12.1 Å². The van der Waals surface area contributed by atoms with Gasteiger partial charge >= 0.3 is 0 Å². The van der Waals surface area contributed by atoms with E-state index in [-0.39, 0.29) is 18.3 Å². The van der Waals surface area contributed by atoms with Crippen LogP contribution < -0.4 is 5.32 Å². The second-order valence-electron chi connectivity index (χ2n) is 5.23. The molecule has 0 unspecified atom stereocenters. The van der Waals surface area contributed by atoms with Gasteiger partial charge in [0.15, 0.2) is 0 Å². The summed E-state index contributed by atoms with van der Waals surface area (Å²) in [6.45, 7) is 1.34. The Kier molecular flexibility index (Phi) is 6.02. The maximum absolute atomic E-state index is 12.7. The third-order valence-corrected chi connectivity index (χ3v) is 4.46. The second kappa shape index (κ2) is 7.77. The number of rotatable bonds is 6. The van der Waals surface area contributed by atoms with Crippen LogP contribution in [0.2, 0.25) is 0 Å². The van der Waals surface area contributed by atoms with Crippen molar-refractivity contribution in [1.29, 1.82) is 0 Å². The van der Waals surface area contributed by atoms with Gasteiger partial charge in [0.2, 0.25) is 5.91 Å². The van der Waals surface area contributed by atoms with Crippen molar-refractivity contribution in [1.82, 2.24) is 5.32 Å². The van der Waals surface area contributed by atoms with Crippen molar-refractivity contribution in [3.63, 3.8) is 0 Å². The van der Waals surface area contributed by atoms with E-state index in [9.17, 15) is 14.3 Å². The van der Waals surface area contributed by atoms with Gasteiger partial charge in [-0.3, -0.25) is 4.79 Å². The average molecular weight is 313 g/mol. The Morgan fingerprint density at radius 2 is 2.00 bits per heavy atom. The van der Waals surface area contributed by atoms with Gasteiger partial charge in [-0.15, -0.1) is 11.8 Å². The molecule has 0 radical (unpaired) electrons. The molecule has 2 rings (SSSR count). The highest BCUT2D eigenvalue weighted by Gasteiger charge is 2.29. The predicted octanol–water partition coefficient (Wildman–Crippen LogP) is 1.72. The molecule has 0 saturated carbocycles. The first-order valence-electron chi connectivity index (χ1n) is 6.96. The standard InChI is InChI=1S/C15H20FNO3S/c16-13-3-1-12(2-4-13)9-21-10-14(18)17-11-15(19)5-7-20-8-6-15/h1-4,19H,5-11H2,(H,17,18). The molecular formula is C15H20FNO3S. The maximum atomic E-state index is 12.7. The van der Waals surface area contributed by atoms with Gasteiger partial charge in [-0.2, -0.15) is 0 Å². The quantitative estimate of drug-likeness (QED) is 0.839. The van der Waals surface area contributed by atoms with Crippen molar-refractivity contribution in [3.05, 3.63) is 35.6 Å². The van der Waals surface area contributed by atoms with Gasteiger partial charge in [-0.05, 0) is 17.7 Å². The number of benzene rings is 1. The van der Waals surface area contributed by atoms with Gasteiger partial charge in [0.1, 0.15) is 5.82 Å². The first-order valence-corrected chi connectivity index (χ1v) is 8.12. The van der Waals surface area contributed by atoms with Gasteiger partial charge in [0.25, 0.3) is 0 Å². The van der Waals surface area contributed by atoms with Crippen LogP contribution in [0.3, 0.4) is 0 Å². The molecule has 21 heavy (non-hydrogen) atoms. The summed E-state index contributed by atoms with van der Waals surface area (Å²) in [6, 6.07) is 6.25. The molecule has 6 heteroatoms. The number of halogens is 1. The fraction of sp³-hybridized carbons (Fsp3) is 0.533. The summed E-state index contributed by atoms with van der Waals surface area (Å²) in [6.07, 6.45) is 1.10. The van der Waals surface area contributed by atoms with E-state index in [1.54, 1.807) is 12.1 Å². The minimum Gasteiger partial charge on any atom is -0.388 e. The normalized spacial score (nSPS) is 17.4. The van der Waals surface area contributed by atoms with Crippen LogP contribution >= 0.6 is 11.8 Å². The zero-order valence-electron chi connectivity index (χ0n) is 11.8. The Morgan fingerprint density at radius 1 is 1.33 bits per heavy atom. The van der Waals surface area contributed by atoms with E-state index in [0.29, 0.717) is 37.6 Å². The van der Waals surface area contributed by atoms with E-state index in [0.717, 1.165) is 5.56 Å².